The number of nitrogens with one attached hydrogen (secondary N) is 1. The van der Waals surface area contributed by atoms with Crippen LogP contribution in [0.15, 0.2) is 4.52 Å². The first-order valence-electron chi connectivity index (χ1n) is 8.28. The van der Waals surface area contributed by atoms with Crippen LogP contribution < -0.4 is 5.32 Å². The van der Waals surface area contributed by atoms with Gasteiger partial charge in [-0.05, 0) is 38.1 Å². The van der Waals surface area contributed by atoms with Crippen molar-refractivity contribution >= 4 is 0 Å². The second-order valence-electron chi connectivity index (χ2n) is 6.28. The molecule has 1 aliphatic carbocycles. The number of rotatable bonds is 7. The minimum atomic E-state index is 0.452. The summed E-state index contributed by atoms with van der Waals surface area (Å²) in [7, 11) is 0. The van der Waals surface area contributed by atoms with Crippen molar-refractivity contribution in [2.45, 2.75) is 77.7 Å². The molecule has 3 atom stereocenters. The Balaban J connectivity index is 1.90. The highest BCUT2D eigenvalue weighted by molar-refractivity contribution is 4.98. The van der Waals surface area contributed by atoms with E-state index in [0.717, 1.165) is 43.4 Å². The molecule has 114 valence electrons. The maximum Gasteiger partial charge on any atom is 0.228 e. The fourth-order valence-electron chi connectivity index (χ4n) is 3.11. The van der Waals surface area contributed by atoms with Gasteiger partial charge >= 0.3 is 0 Å². The summed E-state index contributed by atoms with van der Waals surface area (Å²) < 4.78 is 5.46. The van der Waals surface area contributed by atoms with Gasteiger partial charge < -0.3 is 9.84 Å². The van der Waals surface area contributed by atoms with Gasteiger partial charge in [0.15, 0.2) is 5.82 Å². The molecule has 0 bridgehead atoms. The Labute approximate surface area is 122 Å². The van der Waals surface area contributed by atoms with E-state index in [1.807, 2.05) is 0 Å². The number of aromatic nitrogens is 2. The van der Waals surface area contributed by atoms with E-state index in [2.05, 4.69) is 36.2 Å². The largest absolute Gasteiger partial charge is 0.339 e. The Bertz CT molecular complexity index is 391. The maximum absolute atomic E-state index is 5.46. The molecule has 20 heavy (non-hydrogen) atoms. The van der Waals surface area contributed by atoms with Crippen LogP contribution in [-0.2, 0) is 6.42 Å². The summed E-state index contributed by atoms with van der Waals surface area (Å²) in [5, 5.41) is 7.76. The van der Waals surface area contributed by atoms with Gasteiger partial charge in [0.05, 0.1) is 0 Å². The predicted octanol–water partition coefficient (Wildman–Crippen LogP) is 3.68. The summed E-state index contributed by atoms with van der Waals surface area (Å²) in [5.74, 6) is 3.05. The van der Waals surface area contributed by atoms with Gasteiger partial charge in [-0.25, -0.2) is 0 Å². The average Bonchev–Trinajstić information content (AvgIpc) is 2.92. The zero-order chi connectivity index (χ0) is 14.4. The Morgan fingerprint density at radius 3 is 2.90 bits per heavy atom. The van der Waals surface area contributed by atoms with Crippen molar-refractivity contribution in [3.63, 3.8) is 0 Å². The van der Waals surface area contributed by atoms with Gasteiger partial charge in [-0.15, -0.1) is 0 Å². The number of hydrogen-bond acceptors (Lipinski definition) is 4. The fourth-order valence-corrected chi connectivity index (χ4v) is 3.11. The molecule has 0 saturated heterocycles. The van der Waals surface area contributed by atoms with Gasteiger partial charge in [-0.3, -0.25) is 0 Å². The molecule has 1 saturated carbocycles. The molecule has 1 aromatic rings. The zero-order valence-electron chi connectivity index (χ0n) is 13.2. The van der Waals surface area contributed by atoms with Crippen LogP contribution >= 0.6 is 0 Å². The normalized spacial score (nSPS) is 24.8. The van der Waals surface area contributed by atoms with Crippen LogP contribution in [0.4, 0.5) is 0 Å². The lowest BCUT2D eigenvalue weighted by Crippen LogP contribution is -2.31. The van der Waals surface area contributed by atoms with Crippen molar-refractivity contribution in [3.05, 3.63) is 11.7 Å². The standard InChI is InChI=1S/C16H29N3O/c1-4-9-17-14(5-2)11-15-18-16(19-20-15)13-8-6-7-12(3)10-13/h12-14,17H,4-11H2,1-3H3. The van der Waals surface area contributed by atoms with Gasteiger partial charge in [0, 0.05) is 18.4 Å². The van der Waals surface area contributed by atoms with Crippen molar-refractivity contribution in [3.8, 4) is 0 Å². The van der Waals surface area contributed by atoms with Crippen molar-refractivity contribution < 1.29 is 4.52 Å². The molecule has 1 aliphatic rings. The third-order valence-corrected chi connectivity index (χ3v) is 4.38. The van der Waals surface area contributed by atoms with Crippen molar-refractivity contribution in [1.82, 2.24) is 15.5 Å². The predicted molar refractivity (Wildman–Crippen MR) is 80.7 cm³/mol. The topological polar surface area (TPSA) is 51.0 Å². The van der Waals surface area contributed by atoms with Crippen LogP contribution in [0.3, 0.4) is 0 Å². The third kappa shape index (κ3) is 4.30. The van der Waals surface area contributed by atoms with Gasteiger partial charge in [-0.1, -0.05) is 38.8 Å². The Hall–Kier alpha value is -0.900. The van der Waals surface area contributed by atoms with E-state index in [-0.39, 0.29) is 0 Å². The summed E-state index contributed by atoms with van der Waals surface area (Å²) >= 11 is 0. The monoisotopic (exact) mass is 279 g/mol. The van der Waals surface area contributed by atoms with E-state index in [9.17, 15) is 0 Å². The molecule has 0 aliphatic heterocycles. The molecule has 0 spiro atoms. The first-order chi connectivity index (χ1) is 9.72. The van der Waals surface area contributed by atoms with Crippen LogP contribution in [0.25, 0.3) is 0 Å². The van der Waals surface area contributed by atoms with Gasteiger partial charge in [0.25, 0.3) is 0 Å². The molecule has 0 radical (unpaired) electrons. The molecule has 1 fully saturated rings. The van der Waals surface area contributed by atoms with Gasteiger partial charge in [0.1, 0.15) is 0 Å². The third-order valence-electron chi connectivity index (χ3n) is 4.38. The highest BCUT2D eigenvalue weighted by atomic mass is 16.5. The van der Waals surface area contributed by atoms with E-state index < -0.39 is 0 Å². The molecule has 1 heterocycles. The second-order valence-corrected chi connectivity index (χ2v) is 6.28. The molecular weight excluding hydrogens is 250 g/mol. The molecule has 2 rings (SSSR count). The smallest absolute Gasteiger partial charge is 0.228 e. The van der Waals surface area contributed by atoms with Crippen molar-refractivity contribution in [2.75, 3.05) is 6.54 Å². The van der Waals surface area contributed by atoms with Crippen molar-refractivity contribution in [1.29, 1.82) is 0 Å². The van der Waals surface area contributed by atoms with E-state index in [0.29, 0.717) is 12.0 Å². The minimum Gasteiger partial charge on any atom is -0.339 e. The van der Waals surface area contributed by atoms with E-state index in [1.165, 1.54) is 25.7 Å². The van der Waals surface area contributed by atoms with E-state index in [1.54, 1.807) is 0 Å². The highest BCUT2D eigenvalue weighted by Crippen LogP contribution is 2.34. The summed E-state index contributed by atoms with van der Waals surface area (Å²) in [6.45, 7) is 7.77. The van der Waals surface area contributed by atoms with Crippen LogP contribution in [0, 0.1) is 5.92 Å². The summed E-state index contributed by atoms with van der Waals surface area (Å²) in [6.07, 6.45) is 8.18. The molecule has 0 aromatic carbocycles. The Morgan fingerprint density at radius 2 is 2.20 bits per heavy atom. The lowest BCUT2D eigenvalue weighted by atomic mass is 9.82. The van der Waals surface area contributed by atoms with Crippen molar-refractivity contribution in [2.24, 2.45) is 5.92 Å². The molecule has 1 N–H and O–H groups in total. The van der Waals surface area contributed by atoms with Crippen LogP contribution in [0.1, 0.15) is 76.9 Å². The quantitative estimate of drug-likeness (QED) is 0.827. The SMILES string of the molecule is CCCNC(CC)Cc1nc(C2CCCC(C)C2)no1. The molecule has 0 amide bonds. The molecule has 3 unspecified atom stereocenters. The average molecular weight is 279 g/mol. The van der Waals surface area contributed by atoms with E-state index in [4.69, 9.17) is 4.52 Å². The second kappa shape index (κ2) is 7.77. The number of nitrogens with zero attached hydrogens (tertiary/aromatic N) is 2. The van der Waals surface area contributed by atoms with E-state index >= 15 is 0 Å². The maximum atomic E-state index is 5.46. The Morgan fingerprint density at radius 1 is 1.35 bits per heavy atom. The van der Waals surface area contributed by atoms with Crippen LogP contribution in [0.5, 0.6) is 0 Å². The number of hydrogen-bond donors (Lipinski definition) is 1. The van der Waals surface area contributed by atoms with Gasteiger partial charge in [-0.2, -0.15) is 4.98 Å². The lowest BCUT2D eigenvalue weighted by Gasteiger charge is -2.23. The zero-order valence-corrected chi connectivity index (χ0v) is 13.2. The highest BCUT2D eigenvalue weighted by Gasteiger charge is 2.25. The summed E-state index contributed by atoms with van der Waals surface area (Å²) in [5.41, 5.74) is 0. The van der Waals surface area contributed by atoms with Crippen LogP contribution in [0.2, 0.25) is 0 Å². The molecular formula is C16H29N3O. The first kappa shape index (κ1) is 15.5. The summed E-state index contributed by atoms with van der Waals surface area (Å²) in [4.78, 5) is 4.65. The Kier molecular flexibility index (Phi) is 6.02. The fraction of sp³-hybridized carbons (Fsp3) is 0.875. The summed E-state index contributed by atoms with van der Waals surface area (Å²) in [6, 6.07) is 0.452. The molecule has 4 heteroatoms. The minimum absolute atomic E-state index is 0.452. The van der Waals surface area contributed by atoms with Crippen LogP contribution in [-0.4, -0.2) is 22.7 Å². The lowest BCUT2D eigenvalue weighted by molar-refractivity contribution is 0.316. The molecule has 4 nitrogen and oxygen atoms in total. The molecule has 1 aromatic heterocycles. The van der Waals surface area contributed by atoms with Gasteiger partial charge in [0.2, 0.25) is 5.89 Å². The first-order valence-corrected chi connectivity index (χ1v) is 8.28.